The number of halogens is 3. The molecule has 3 nitrogen and oxygen atoms in total. The van der Waals surface area contributed by atoms with Gasteiger partial charge in [-0.3, -0.25) is 0 Å². The minimum Gasteiger partial charge on any atom is -0.508 e. The van der Waals surface area contributed by atoms with Crippen LogP contribution in [0.1, 0.15) is 0 Å². The highest BCUT2D eigenvalue weighted by molar-refractivity contribution is 9.10. The van der Waals surface area contributed by atoms with Crippen molar-refractivity contribution in [3.05, 3.63) is 69.6 Å². The van der Waals surface area contributed by atoms with Gasteiger partial charge >= 0.3 is 0 Å². The van der Waals surface area contributed by atoms with Crippen LogP contribution >= 0.6 is 31.9 Å². The summed E-state index contributed by atoms with van der Waals surface area (Å²) >= 11 is 7.06. The van der Waals surface area contributed by atoms with Gasteiger partial charge in [-0.15, -0.1) is 0 Å². The summed E-state index contributed by atoms with van der Waals surface area (Å²) in [6, 6.07) is 18.8. The molecular formula is C21H17Br2FN2O. The highest BCUT2D eigenvalue weighted by Crippen LogP contribution is 2.33. The van der Waals surface area contributed by atoms with Crippen LogP contribution in [0.4, 0.5) is 10.1 Å². The van der Waals surface area contributed by atoms with Crippen LogP contribution in [0.3, 0.4) is 0 Å². The Morgan fingerprint density at radius 1 is 0.926 bits per heavy atom. The van der Waals surface area contributed by atoms with E-state index in [1.165, 1.54) is 0 Å². The van der Waals surface area contributed by atoms with Gasteiger partial charge in [0.2, 0.25) is 0 Å². The molecule has 0 bridgehead atoms. The molecule has 1 heterocycles. The number of rotatable bonds is 5. The number of benzene rings is 3. The molecule has 0 aliphatic rings. The van der Waals surface area contributed by atoms with E-state index in [4.69, 9.17) is 0 Å². The van der Waals surface area contributed by atoms with Crippen molar-refractivity contribution in [2.24, 2.45) is 0 Å². The van der Waals surface area contributed by atoms with E-state index in [0.29, 0.717) is 5.69 Å². The first-order valence-corrected chi connectivity index (χ1v) is 10.1. The van der Waals surface area contributed by atoms with Crippen LogP contribution in [0.5, 0.6) is 5.75 Å². The lowest BCUT2D eigenvalue weighted by molar-refractivity contribution is 0.316. The normalized spacial score (nSPS) is 12.6. The molecule has 1 unspecified atom stereocenters. The van der Waals surface area contributed by atoms with Gasteiger partial charge in [-0.1, -0.05) is 37.9 Å². The van der Waals surface area contributed by atoms with Crippen molar-refractivity contribution in [3.63, 3.8) is 0 Å². The Morgan fingerprint density at radius 3 is 2.15 bits per heavy atom. The number of anilines is 1. The quantitative estimate of drug-likeness (QED) is 0.335. The summed E-state index contributed by atoms with van der Waals surface area (Å²) in [6.45, 7) is 0.409. The second-order valence-electron chi connectivity index (χ2n) is 6.46. The Bertz CT molecular complexity index is 1070. The SMILES string of the molecule is Oc1cccc(NCC(F)Cn2c3ccc(Br)cc3c3cc(Br)ccc32)c1. The molecule has 6 heteroatoms. The molecular weight excluding hydrogens is 475 g/mol. The zero-order valence-electron chi connectivity index (χ0n) is 14.3. The van der Waals surface area contributed by atoms with Crippen LogP contribution in [-0.2, 0) is 6.54 Å². The Hall–Kier alpha value is -2.05. The molecule has 0 fully saturated rings. The third kappa shape index (κ3) is 3.82. The summed E-state index contributed by atoms with van der Waals surface area (Å²) in [5.74, 6) is 0.161. The van der Waals surface area contributed by atoms with Crippen LogP contribution in [0.25, 0.3) is 21.8 Å². The predicted molar refractivity (Wildman–Crippen MR) is 116 cm³/mol. The fraction of sp³-hybridized carbons (Fsp3) is 0.143. The molecule has 0 saturated carbocycles. The number of hydrogen-bond acceptors (Lipinski definition) is 2. The number of phenolic OH excluding ortho intramolecular Hbond substituents is 1. The summed E-state index contributed by atoms with van der Waals surface area (Å²) in [6.07, 6.45) is -1.08. The largest absolute Gasteiger partial charge is 0.508 e. The number of aromatic nitrogens is 1. The lowest BCUT2D eigenvalue weighted by Crippen LogP contribution is -2.21. The minimum absolute atomic E-state index is 0.161. The van der Waals surface area contributed by atoms with E-state index < -0.39 is 6.17 Å². The first-order valence-electron chi connectivity index (χ1n) is 8.55. The summed E-state index contributed by atoms with van der Waals surface area (Å²) in [4.78, 5) is 0. The van der Waals surface area contributed by atoms with Gasteiger partial charge in [-0.25, -0.2) is 4.39 Å². The maximum absolute atomic E-state index is 14.8. The lowest BCUT2D eigenvalue weighted by Gasteiger charge is -2.14. The monoisotopic (exact) mass is 490 g/mol. The number of alkyl halides is 1. The highest BCUT2D eigenvalue weighted by Gasteiger charge is 2.15. The molecule has 0 amide bonds. The Labute approximate surface area is 173 Å². The minimum atomic E-state index is -1.08. The van der Waals surface area contributed by atoms with E-state index in [0.717, 1.165) is 30.8 Å². The molecule has 4 aromatic rings. The standard InChI is InChI=1S/C21H17Br2FN2O/c22-13-4-6-20-18(8-13)19-9-14(23)5-7-21(19)26(20)12-15(24)11-25-16-2-1-3-17(27)10-16/h1-10,15,25,27H,11-12H2. The van der Waals surface area contributed by atoms with Gasteiger partial charge in [-0.05, 0) is 48.5 Å². The van der Waals surface area contributed by atoms with Gasteiger partial charge in [0.05, 0.1) is 6.54 Å². The molecule has 138 valence electrons. The molecule has 0 aliphatic heterocycles. The molecule has 4 rings (SSSR count). The van der Waals surface area contributed by atoms with Crippen molar-refractivity contribution in [1.82, 2.24) is 4.57 Å². The van der Waals surface area contributed by atoms with Crippen LogP contribution in [0.2, 0.25) is 0 Å². The molecule has 27 heavy (non-hydrogen) atoms. The second kappa shape index (κ2) is 7.52. The van der Waals surface area contributed by atoms with Crippen LogP contribution in [0.15, 0.2) is 69.6 Å². The fourth-order valence-electron chi connectivity index (χ4n) is 3.35. The third-order valence-corrected chi connectivity index (χ3v) is 5.53. The summed E-state index contributed by atoms with van der Waals surface area (Å²) in [5, 5.41) is 14.8. The number of aromatic hydroxyl groups is 1. The average Bonchev–Trinajstić information content (AvgIpc) is 2.92. The van der Waals surface area contributed by atoms with Crippen LogP contribution < -0.4 is 5.32 Å². The van der Waals surface area contributed by atoms with Crippen molar-refractivity contribution in [2.75, 3.05) is 11.9 Å². The lowest BCUT2D eigenvalue weighted by atomic mass is 10.2. The van der Waals surface area contributed by atoms with E-state index in [9.17, 15) is 9.50 Å². The average molecular weight is 492 g/mol. The summed E-state index contributed by atoms with van der Waals surface area (Å²) < 4.78 is 18.8. The Morgan fingerprint density at radius 2 is 1.56 bits per heavy atom. The molecule has 0 aliphatic carbocycles. The van der Waals surface area contributed by atoms with Crippen LogP contribution in [0, 0.1) is 0 Å². The molecule has 0 saturated heterocycles. The smallest absolute Gasteiger partial charge is 0.135 e. The van der Waals surface area contributed by atoms with Crippen molar-refractivity contribution in [1.29, 1.82) is 0 Å². The van der Waals surface area contributed by atoms with Gasteiger partial charge in [0.25, 0.3) is 0 Å². The molecule has 0 radical (unpaired) electrons. The number of fused-ring (bicyclic) bond motifs is 3. The van der Waals surface area contributed by atoms with E-state index >= 15 is 0 Å². The van der Waals surface area contributed by atoms with E-state index in [-0.39, 0.29) is 18.8 Å². The van der Waals surface area contributed by atoms with E-state index in [2.05, 4.69) is 49.3 Å². The van der Waals surface area contributed by atoms with Gasteiger partial charge in [0.15, 0.2) is 0 Å². The number of hydrogen-bond donors (Lipinski definition) is 2. The summed E-state index contributed by atoms with van der Waals surface area (Å²) in [5.41, 5.74) is 2.71. The van der Waals surface area contributed by atoms with Crippen LogP contribution in [-0.4, -0.2) is 22.4 Å². The topological polar surface area (TPSA) is 37.2 Å². The van der Waals surface area contributed by atoms with Gasteiger partial charge in [-0.2, -0.15) is 0 Å². The fourth-order valence-corrected chi connectivity index (χ4v) is 4.07. The number of nitrogens with one attached hydrogen (secondary N) is 1. The van der Waals surface area contributed by atoms with Crippen molar-refractivity contribution >= 4 is 59.4 Å². The Kier molecular flexibility index (Phi) is 5.10. The van der Waals surface area contributed by atoms with Gasteiger partial charge < -0.3 is 15.0 Å². The van der Waals surface area contributed by atoms with Crippen molar-refractivity contribution < 1.29 is 9.50 Å². The first kappa shape index (κ1) is 18.3. The number of nitrogens with zero attached hydrogens (tertiary/aromatic N) is 1. The Balaban J connectivity index is 1.64. The molecule has 0 spiro atoms. The third-order valence-electron chi connectivity index (χ3n) is 4.54. The number of phenols is 1. The zero-order valence-corrected chi connectivity index (χ0v) is 17.5. The molecule has 1 aromatic heterocycles. The zero-order chi connectivity index (χ0) is 19.0. The molecule has 3 aromatic carbocycles. The highest BCUT2D eigenvalue weighted by atomic mass is 79.9. The predicted octanol–water partition coefficient (Wildman–Crippen LogP) is 6.48. The van der Waals surface area contributed by atoms with Gasteiger partial charge in [0, 0.05) is 49.0 Å². The van der Waals surface area contributed by atoms with Crippen molar-refractivity contribution in [3.8, 4) is 5.75 Å². The molecule has 2 N–H and O–H groups in total. The maximum Gasteiger partial charge on any atom is 0.135 e. The van der Waals surface area contributed by atoms with E-state index in [1.54, 1.807) is 18.2 Å². The van der Waals surface area contributed by atoms with Gasteiger partial charge in [0.1, 0.15) is 11.9 Å². The first-order chi connectivity index (χ1) is 13.0. The van der Waals surface area contributed by atoms with E-state index in [1.807, 2.05) is 34.9 Å². The van der Waals surface area contributed by atoms with Crippen molar-refractivity contribution in [2.45, 2.75) is 12.7 Å². The summed E-state index contributed by atoms with van der Waals surface area (Å²) in [7, 11) is 0. The molecule has 1 atom stereocenters. The maximum atomic E-state index is 14.8. The second-order valence-corrected chi connectivity index (χ2v) is 8.29.